The molecule has 0 atom stereocenters. The lowest BCUT2D eigenvalue weighted by Crippen LogP contribution is -2.27. The summed E-state index contributed by atoms with van der Waals surface area (Å²) in [6.45, 7) is 2.66. The molecule has 0 radical (unpaired) electrons. The maximum Gasteiger partial charge on any atom is 0.253 e. The largest absolute Gasteiger partial charge is 0.352 e. The number of halogens is 1. The van der Waals surface area contributed by atoms with Gasteiger partial charge in [-0.3, -0.25) is 14.6 Å². The average Bonchev–Trinajstić information content (AvgIpc) is 2.73. The molecule has 0 aliphatic carbocycles. The molecule has 0 aliphatic rings. The highest BCUT2D eigenvalue weighted by Crippen LogP contribution is 2.08. The van der Waals surface area contributed by atoms with Crippen LogP contribution in [-0.4, -0.2) is 23.3 Å². The second-order valence-electron chi connectivity index (χ2n) is 6.73. The Morgan fingerprint density at radius 2 is 1.66 bits per heavy atom. The fourth-order valence-electron chi connectivity index (χ4n) is 2.91. The van der Waals surface area contributed by atoms with Gasteiger partial charge in [0.15, 0.2) is 0 Å². The lowest BCUT2D eigenvalue weighted by Gasteiger charge is -2.08. The van der Waals surface area contributed by atoms with E-state index in [2.05, 4.69) is 15.6 Å². The van der Waals surface area contributed by atoms with Crippen molar-refractivity contribution in [2.45, 2.75) is 19.9 Å². The van der Waals surface area contributed by atoms with Crippen molar-refractivity contribution >= 4 is 11.8 Å². The number of pyridine rings is 1. The number of carbonyl (C=O) groups is 2. The quantitative estimate of drug-likeness (QED) is 0.648. The topological polar surface area (TPSA) is 71.1 Å². The number of nitrogens with one attached hydrogen (secondary N) is 2. The first-order valence-corrected chi connectivity index (χ1v) is 9.33. The summed E-state index contributed by atoms with van der Waals surface area (Å²) in [4.78, 5) is 28.7. The van der Waals surface area contributed by atoms with Crippen LogP contribution in [0.5, 0.6) is 0 Å². The molecule has 0 unspecified atom stereocenters. The number of hydrogen-bond acceptors (Lipinski definition) is 3. The molecule has 2 amide bonds. The number of carbonyl (C=O) groups excluding carboxylic acids is 2. The average molecular weight is 391 g/mol. The van der Waals surface area contributed by atoms with Gasteiger partial charge in [-0.05, 0) is 36.6 Å². The van der Waals surface area contributed by atoms with Gasteiger partial charge >= 0.3 is 0 Å². The first-order chi connectivity index (χ1) is 14.0. The van der Waals surface area contributed by atoms with Gasteiger partial charge in [0.05, 0.1) is 11.1 Å². The summed E-state index contributed by atoms with van der Waals surface area (Å²) in [5.74, 6) is -0.960. The summed E-state index contributed by atoms with van der Waals surface area (Å²) in [5, 5.41) is 5.55. The smallest absolute Gasteiger partial charge is 0.253 e. The molecule has 3 aromatic rings. The molecule has 1 aromatic heterocycles. The molecule has 0 aliphatic heterocycles. The Morgan fingerprint density at radius 3 is 2.38 bits per heavy atom. The lowest BCUT2D eigenvalue weighted by atomic mass is 10.1. The van der Waals surface area contributed by atoms with Gasteiger partial charge in [-0.25, -0.2) is 4.39 Å². The fraction of sp³-hybridized carbons (Fsp3) is 0.174. The molecule has 0 saturated carbocycles. The Hall–Kier alpha value is -3.54. The summed E-state index contributed by atoms with van der Waals surface area (Å²) in [6.07, 6.45) is 3.19. The van der Waals surface area contributed by atoms with E-state index in [0.29, 0.717) is 24.1 Å². The molecule has 148 valence electrons. The van der Waals surface area contributed by atoms with Crippen molar-refractivity contribution in [1.82, 2.24) is 15.6 Å². The van der Waals surface area contributed by atoms with Crippen molar-refractivity contribution in [2.75, 3.05) is 6.54 Å². The van der Waals surface area contributed by atoms with E-state index in [1.165, 1.54) is 24.5 Å². The number of aryl methyl sites for hydroxylation is 1. The molecule has 2 N–H and O–H groups in total. The SMILES string of the molecule is Cc1cccc(CNC(=O)c2cncc(C(=O)NCCc3ccccc3F)c2)c1. The van der Waals surface area contributed by atoms with Gasteiger partial charge in [-0.2, -0.15) is 0 Å². The minimum atomic E-state index is -0.359. The van der Waals surface area contributed by atoms with Crippen LogP contribution in [0.2, 0.25) is 0 Å². The van der Waals surface area contributed by atoms with Crippen LogP contribution in [0.25, 0.3) is 0 Å². The molecule has 0 saturated heterocycles. The van der Waals surface area contributed by atoms with Crippen molar-refractivity contribution < 1.29 is 14.0 Å². The molecule has 2 aromatic carbocycles. The highest BCUT2D eigenvalue weighted by atomic mass is 19.1. The van der Waals surface area contributed by atoms with Crippen molar-refractivity contribution in [3.63, 3.8) is 0 Å². The van der Waals surface area contributed by atoms with Crippen molar-refractivity contribution in [3.05, 3.63) is 101 Å². The standard InChI is InChI=1S/C23H22FN3O2/c1-16-5-4-6-17(11-16)13-27-23(29)20-12-19(14-25-15-20)22(28)26-10-9-18-7-2-3-8-21(18)24/h2-8,11-12,14-15H,9-10,13H2,1H3,(H,26,28)(H,27,29). The van der Waals surface area contributed by atoms with Gasteiger partial charge in [0.2, 0.25) is 0 Å². The van der Waals surface area contributed by atoms with E-state index in [9.17, 15) is 14.0 Å². The Balaban J connectivity index is 1.55. The molecule has 0 spiro atoms. The number of amides is 2. The van der Waals surface area contributed by atoms with E-state index in [-0.39, 0.29) is 29.7 Å². The Kier molecular flexibility index (Phi) is 6.68. The zero-order valence-electron chi connectivity index (χ0n) is 16.1. The number of benzene rings is 2. The predicted molar refractivity (Wildman–Crippen MR) is 109 cm³/mol. The normalized spacial score (nSPS) is 10.4. The van der Waals surface area contributed by atoms with E-state index in [4.69, 9.17) is 0 Å². The molecular weight excluding hydrogens is 369 g/mol. The molecule has 0 bridgehead atoms. The number of nitrogens with zero attached hydrogens (tertiary/aromatic N) is 1. The Labute approximate surface area is 169 Å². The van der Waals surface area contributed by atoms with Gasteiger partial charge in [0.25, 0.3) is 11.8 Å². The molecular formula is C23H22FN3O2. The van der Waals surface area contributed by atoms with E-state index in [1.54, 1.807) is 18.2 Å². The fourth-order valence-corrected chi connectivity index (χ4v) is 2.91. The summed E-state index contributed by atoms with van der Waals surface area (Å²) in [7, 11) is 0. The van der Waals surface area contributed by atoms with Crippen LogP contribution >= 0.6 is 0 Å². The van der Waals surface area contributed by atoms with Crippen LogP contribution in [0.3, 0.4) is 0 Å². The van der Waals surface area contributed by atoms with Crippen LogP contribution in [0.1, 0.15) is 37.4 Å². The Bertz CT molecular complexity index is 1020. The molecule has 1 heterocycles. The first-order valence-electron chi connectivity index (χ1n) is 9.33. The molecule has 3 rings (SSSR count). The van der Waals surface area contributed by atoms with Gasteiger partial charge in [0, 0.05) is 25.5 Å². The molecule has 0 fully saturated rings. The number of aromatic nitrogens is 1. The summed E-state index contributed by atoms with van der Waals surface area (Å²) in [6, 6.07) is 15.8. The van der Waals surface area contributed by atoms with Crippen molar-refractivity contribution in [1.29, 1.82) is 0 Å². The third-order valence-electron chi connectivity index (χ3n) is 4.44. The van der Waals surface area contributed by atoms with Gasteiger partial charge < -0.3 is 10.6 Å². The minimum Gasteiger partial charge on any atom is -0.352 e. The number of hydrogen-bond donors (Lipinski definition) is 2. The monoisotopic (exact) mass is 391 g/mol. The zero-order valence-corrected chi connectivity index (χ0v) is 16.1. The van der Waals surface area contributed by atoms with Crippen LogP contribution in [0, 0.1) is 12.7 Å². The Morgan fingerprint density at radius 1 is 0.931 bits per heavy atom. The molecule has 6 heteroatoms. The second-order valence-corrected chi connectivity index (χ2v) is 6.73. The third-order valence-corrected chi connectivity index (χ3v) is 4.44. The highest BCUT2D eigenvalue weighted by molar-refractivity contribution is 5.99. The van der Waals surface area contributed by atoms with Gasteiger partial charge in [-0.15, -0.1) is 0 Å². The van der Waals surface area contributed by atoms with Gasteiger partial charge in [0.1, 0.15) is 5.82 Å². The summed E-state index contributed by atoms with van der Waals surface area (Å²) < 4.78 is 13.6. The van der Waals surface area contributed by atoms with Crippen molar-refractivity contribution in [3.8, 4) is 0 Å². The van der Waals surface area contributed by atoms with E-state index in [0.717, 1.165) is 11.1 Å². The third kappa shape index (κ3) is 5.72. The maximum atomic E-state index is 13.6. The summed E-state index contributed by atoms with van der Waals surface area (Å²) in [5.41, 5.74) is 3.23. The lowest BCUT2D eigenvalue weighted by molar-refractivity contribution is 0.0950. The highest BCUT2D eigenvalue weighted by Gasteiger charge is 2.11. The number of rotatable bonds is 7. The van der Waals surface area contributed by atoms with E-state index in [1.807, 2.05) is 31.2 Å². The van der Waals surface area contributed by atoms with Crippen LogP contribution in [0.15, 0.2) is 67.0 Å². The maximum absolute atomic E-state index is 13.6. The molecule has 29 heavy (non-hydrogen) atoms. The summed E-state index contributed by atoms with van der Waals surface area (Å²) >= 11 is 0. The van der Waals surface area contributed by atoms with Crippen LogP contribution < -0.4 is 10.6 Å². The predicted octanol–water partition coefficient (Wildman–Crippen LogP) is 3.43. The van der Waals surface area contributed by atoms with Crippen LogP contribution in [-0.2, 0) is 13.0 Å². The minimum absolute atomic E-state index is 0.279. The first kappa shape index (κ1) is 20.2. The van der Waals surface area contributed by atoms with E-state index >= 15 is 0 Å². The molecule has 5 nitrogen and oxygen atoms in total. The zero-order chi connectivity index (χ0) is 20.6. The second kappa shape index (κ2) is 9.59. The van der Waals surface area contributed by atoms with E-state index < -0.39 is 0 Å². The van der Waals surface area contributed by atoms with Crippen LogP contribution in [0.4, 0.5) is 4.39 Å². The van der Waals surface area contributed by atoms with Gasteiger partial charge in [-0.1, -0.05) is 48.0 Å². The van der Waals surface area contributed by atoms with Crippen molar-refractivity contribution in [2.24, 2.45) is 0 Å².